The molecule has 139 heavy (non-hydrogen) atoms. The molecule has 0 saturated carbocycles. The van der Waals surface area contributed by atoms with E-state index >= 15 is 0 Å². The fourth-order valence-corrected chi connectivity index (χ4v) is 15.8. The number of para-hydroxylation sites is 6. The van der Waals surface area contributed by atoms with E-state index in [1.165, 1.54) is 24.0 Å². The molecule has 3 unspecified atom stereocenters. The summed E-state index contributed by atoms with van der Waals surface area (Å²) in [5.74, 6) is 0.521. The number of ether oxygens (including phenoxy) is 3. The number of H-pyrrole nitrogens is 1. The molecule has 5 heterocycles. The number of aliphatic hydroxyl groups is 1. The molecule has 7 N–H and O–H groups in total. The number of carbonyl (C=O) groups excluding carboxylic acids is 6. The number of esters is 3. The summed E-state index contributed by atoms with van der Waals surface area (Å²) >= 11 is 0. The van der Waals surface area contributed by atoms with Crippen molar-refractivity contribution in [3.8, 4) is 0 Å². The van der Waals surface area contributed by atoms with Crippen LogP contribution in [0, 0.1) is 23.2 Å². The molecule has 5 amide bonds. The highest BCUT2D eigenvalue weighted by Gasteiger charge is 2.30. The molecular weight excluding hydrogens is 1740 g/mol. The molecule has 724 valence electrons. The molecule has 0 saturated heterocycles. The van der Waals surface area contributed by atoms with Crippen LogP contribution in [-0.4, -0.2) is 98.7 Å². The number of carbonyl (C=O) groups is 6. The first kappa shape index (κ1) is 105. The average Bonchev–Trinajstić information content (AvgIpc) is 0.945. The number of aliphatic hydroxyl groups excluding tert-OH is 1. The number of fused-ring (bicyclic) bond motifs is 10. The van der Waals surface area contributed by atoms with Gasteiger partial charge in [0.05, 0.1) is 86.6 Å². The van der Waals surface area contributed by atoms with Gasteiger partial charge in [0.15, 0.2) is 21.7 Å². The van der Waals surface area contributed by atoms with Crippen molar-refractivity contribution < 1.29 is 48.1 Å². The third-order valence-electron chi connectivity index (χ3n) is 25.8. The third kappa shape index (κ3) is 26.5. The summed E-state index contributed by atoms with van der Waals surface area (Å²) in [4.78, 5) is 125. The summed E-state index contributed by atoms with van der Waals surface area (Å²) in [5, 5.41) is 31.5. The smallest absolute Gasteiger partial charge is 0.319 e. The lowest BCUT2D eigenvalue weighted by Gasteiger charge is -2.22. The Morgan fingerprint density at radius 1 is 0.396 bits per heavy atom. The Labute approximate surface area is 811 Å². The predicted octanol–water partition coefficient (Wildman–Crippen LogP) is 23.8. The number of benzene rings is 12. The monoisotopic (exact) mass is 1870 g/mol. The Bertz CT molecular complexity index is 7140. The van der Waals surface area contributed by atoms with Crippen LogP contribution in [0.3, 0.4) is 0 Å². The van der Waals surface area contributed by atoms with Crippen LogP contribution in [0.2, 0.25) is 0 Å². The van der Waals surface area contributed by atoms with Crippen LogP contribution in [0.4, 0.5) is 26.7 Å². The minimum atomic E-state index is -0.879. The van der Waals surface area contributed by atoms with Crippen molar-refractivity contribution in [2.45, 2.75) is 187 Å². The van der Waals surface area contributed by atoms with E-state index in [2.05, 4.69) is 136 Å². The molecule has 16 aromatic rings. The molecule has 0 aliphatic carbocycles. The van der Waals surface area contributed by atoms with Crippen molar-refractivity contribution in [3.63, 3.8) is 0 Å². The largest absolute Gasteiger partial charge is 0.463 e. The summed E-state index contributed by atoms with van der Waals surface area (Å²) < 4.78 is 21.9. The lowest BCUT2D eigenvalue weighted by molar-refractivity contribution is -0.157. The summed E-state index contributed by atoms with van der Waals surface area (Å²) in [6.45, 7) is 34.4. The fourth-order valence-electron chi connectivity index (χ4n) is 15.8. The lowest BCUT2D eigenvalue weighted by atomic mass is 9.91. The molecule has 12 aromatic carbocycles. The number of aromatic amines is 1. The van der Waals surface area contributed by atoms with E-state index in [1.807, 2.05) is 263 Å². The number of aryl methyl sites for hydroxylation is 3. The zero-order valence-electron chi connectivity index (χ0n) is 82.7. The fraction of sp³-hybridized carbons (Fsp3) is 0.310. The molecule has 1 aliphatic heterocycles. The van der Waals surface area contributed by atoms with Crippen molar-refractivity contribution >= 4 is 151 Å². The zero-order chi connectivity index (χ0) is 100. The van der Waals surface area contributed by atoms with Crippen LogP contribution in [0.25, 0.3) is 98.0 Å². The van der Waals surface area contributed by atoms with Gasteiger partial charge in [-0.3, -0.25) is 38.4 Å². The number of urea groups is 2. The summed E-state index contributed by atoms with van der Waals surface area (Å²) in [6.07, 6.45) is 4.00. The van der Waals surface area contributed by atoms with E-state index in [0.717, 1.165) is 83.5 Å². The number of pyridine rings is 4. The molecule has 23 heteroatoms. The van der Waals surface area contributed by atoms with Crippen molar-refractivity contribution in [1.82, 2.24) is 29.3 Å². The van der Waals surface area contributed by atoms with Gasteiger partial charge < -0.3 is 64.6 Å². The Kier molecular flexibility index (Phi) is 36.7. The van der Waals surface area contributed by atoms with Crippen LogP contribution in [-0.2, 0) is 59.4 Å². The highest BCUT2D eigenvalue weighted by molar-refractivity contribution is 6.05. The summed E-state index contributed by atoms with van der Waals surface area (Å²) in [6, 6.07) is 86.7. The van der Waals surface area contributed by atoms with Gasteiger partial charge in [-0.1, -0.05) is 218 Å². The molecule has 0 fully saturated rings. The van der Waals surface area contributed by atoms with Gasteiger partial charge >= 0.3 is 30.0 Å². The molecule has 23 nitrogen and oxygen atoms in total. The molecule has 1 aliphatic rings. The average molecular weight is 1880 g/mol. The molecule has 0 radical (unpaired) electrons. The van der Waals surface area contributed by atoms with Gasteiger partial charge in [0.2, 0.25) is 5.91 Å². The second-order valence-electron chi connectivity index (χ2n) is 36.7. The first-order chi connectivity index (χ1) is 66.7. The van der Waals surface area contributed by atoms with E-state index in [0.29, 0.717) is 93.3 Å². The molecule has 4 aromatic heterocycles. The quantitative estimate of drug-likeness (QED) is 0.0128. The maximum absolute atomic E-state index is 13.0. The van der Waals surface area contributed by atoms with Crippen LogP contribution in [0.15, 0.2) is 292 Å². The first-order valence-electron chi connectivity index (χ1n) is 48.0. The molecule has 3 atom stereocenters. The van der Waals surface area contributed by atoms with Crippen LogP contribution >= 0.6 is 0 Å². The minimum absolute atomic E-state index is 0.00351. The number of amides is 5. The van der Waals surface area contributed by atoms with Gasteiger partial charge in [-0.2, -0.15) is 0 Å². The highest BCUT2D eigenvalue weighted by atomic mass is 16.5. The highest BCUT2D eigenvalue weighted by Crippen LogP contribution is 2.32. The molecular formula is C116H131N9O14. The lowest BCUT2D eigenvalue weighted by Crippen LogP contribution is -2.34. The van der Waals surface area contributed by atoms with Gasteiger partial charge in [0, 0.05) is 78.5 Å². The third-order valence-corrected chi connectivity index (χ3v) is 25.8. The number of nitrogens with one attached hydrogen (secondary N) is 6. The second-order valence-corrected chi connectivity index (χ2v) is 36.7. The minimum Gasteiger partial charge on any atom is -0.463 e. The number of hydrogen-bond donors (Lipinski definition) is 7. The maximum Gasteiger partial charge on any atom is 0.319 e. The molecule has 0 bridgehead atoms. The van der Waals surface area contributed by atoms with Gasteiger partial charge in [0.25, 0.3) is 0 Å². The number of rotatable bonds is 24. The Morgan fingerprint density at radius 2 is 0.806 bits per heavy atom. The topological polar surface area (TPSA) is 309 Å². The Hall–Kier alpha value is -14.8. The van der Waals surface area contributed by atoms with E-state index < -0.39 is 28.4 Å². The van der Waals surface area contributed by atoms with Crippen LogP contribution in [0.1, 0.15) is 170 Å². The van der Waals surface area contributed by atoms with E-state index in [1.54, 1.807) is 30.3 Å². The van der Waals surface area contributed by atoms with Gasteiger partial charge in [-0.25, -0.2) is 9.59 Å². The normalized spacial score (nSPS) is 12.2. The standard InChI is InChI=1S/C22H16N2O2.C22H25NO4.C20H26N2O3.C17H23N3O4.C15H13NO.2C10H14/c1-2-24-19-10-6-4-8-14(19)22(26)16-11-18-15(12-20(16)24)21(25)13-7-3-5-9-17(13)23-18;1-4-22(2,3)21(26)27-14-15(24)13-23-18-11-7-5-9-16(18)20(25)17-10-6-8-12-19(17)23;1-5-20(3,4)18(23)25-12-11-21-19(24)22-17-8-6-7-15-10-9-14(2)13-16(15)17;1-4-17(2,3)15(22)24-8-7-18-16(23)19-12-6-5-11-9-14(21)20-13(11)10-12;1-2-16-13-9-5-3-7-11(13)15(17)12-8-4-6-10-14(12)16;2*1-3-9(2)10-7-5-4-6-8-10/h3-12H,2H2,1H3,(H,23,25);5-12,15,24H,4,13-14H2,1-3H3;6-10,13H,5,11-12H2,1-4H3,(H2,21,22,24);5-6,10H,4,7-9H2,1-3H3,(H,20,21)(H2,18,19,23);3-10H,2H2,1H3;2*4-9H,3H2,1-2H3. The predicted molar refractivity (Wildman–Crippen MR) is 567 cm³/mol. The first-order valence-corrected chi connectivity index (χ1v) is 48.0. The number of anilines is 3. The SMILES string of the molecule is CCC(C)(C)C(=O)OCC(O)Cn1c2ccccc2c(=O)c2ccccc21.CCC(C)(C)C(=O)OCCNC(=O)Nc1ccc2c(c1)NC(=O)C2.CCC(C)(C)C(=O)OCCNC(=O)Nc1cccc2ccc(C)cc12.CCC(C)c1ccccc1.CCC(C)c1ccccc1.CCn1c2ccccc2c(=O)c2cc3[nH]c4ccccc4c(=O)c3cc21.CCn1c2ccccc2c(=O)c2ccccc21. The molecule has 0 spiro atoms. The Balaban J connectivity index is 0.000000159. The Morgan fingerprint density at radius 3 is 1.27 bits per heavy atom. The van der Waals surface area contributed by atoms with Gasteiger partial charge in [-0.05, 0) is 238 Å². The number of aromatic nitrogens is 4. The summed E-state index contributed by atoms with van der Waals surface area (Å²) in [7, 11) is 0. The van der Waals surface area contributed by atoms with Crippen LogP contribution in [0.5, 0.6) is 0 Å². The van der Waals surface area contributed by atoms with E-state index in [-0.39, 0.29) is 91.0 Å². The van der Waals surface area contributed by atoms with E-state index in [4.69, 9.17) is 14.2 Å². The van der Waals surface area contributed by atoms with Crippen LogP contribution < -0.4 is 48.3 Å². The zero-order valence-corrected chi connectivity index (χ0v) is 82.7. The number of nitrogens with zero attached hydrogens (tertiary/aromatic N) is 3. The van der Waals surface area contributed by atoms with Crippen molar-refractivity contribution in [1.29, 1.82) is 0 Å². The summed E-state index contributed by atoms with van der Waals surface area (Å²) in [5.41, 5.74) is 12.2. The van der Waals surface area contributed by atoms with Gasteiger partial charge in [0.1, 0.15) is 25.9 Å². The maximum atomic E-state index is 13.0. The van der Waals surface area contributed by atoms with Crippen molar-refractivity contribution in [3.05, 3.63) is 336 Å². The molecule has 17 rings (SSSR count). The van der Waals surface area contributed by atoms with Crippen molar-refractivity contribution in [2.75, 3.05) is 48.9 Å². The van der Waals surface area contributed by atoms with E-state index in [9.17, 15) is 53.1 Å². The number of hydrogen-bond acceptors (Lipinski definition) is 14. The second kappa shape index (κ2) is 48.8. The van der Waals surface area contributed by atoms with Gasteiger partial charge in [-0.15, -0.1) is 0 Å². The van der Waals surface area contributed by atoms with Crippen molar-refractivity contribution in [2.24, 2.45) is 16.2 Å².